The molecule has 0 atom stereocenters. The Labute approximate surface area is 180 Å². The molecule has 0 aliphatic rings. The number of nitrogens with one attached hydrogen (secondary N) is 1. The Balaban J connectivity index is 1.41. The first-order valence-electron chi connectivity index (χ1n) is 9.07. The van der Waals surface area contributed by atoms with Crippen molar-refractivity contribution in [3.63, 3.8) is 0 Å². The maximum absolute atomic E-state index is 12.6. The van der Waals surface area contributed by atoms with E-state index in [4.69, 9.17) is 11.6 Å². The predicted molar refractivity (Wildman–Crippen MR) is 119 cm³/mol. The standard InChI is InChI=1S/C22H14ClN5OS/c23-17-3-5-18(6-4-17)27-22(29)20-8-15(13-30-20)19-11-26-28-12-16(10-25-21(19)28)14-2-1-7-24-9-14/h1-13H,(H,27,29). The first-order chi connectivity index (χ1) is 14.7. The fraction of sp³-hybridized carbons (Fsp3) is 0. The van der Waals surface area contributed by atoms with E-state index in [-0.39, 0.29) is 5.91 Å². The Morgan fingerprint density at radius 2 is 1.90 bits per heavy atom. The summed E-state index contributed by atoms with van der Waals surface area (Å²) in [5.74, 6) is -0.170. The van der Waals surface area contributed by atoms with Gasteiger partial charge in [-0.3, -0.25) is 9.78 Å². The Bertz CT molecular complexity index is 1350. The number of carbonyl (C=O) groups is 1. The van der Waals surface area contributed by atoms with Gasteiger partial charge in [0, 0.05) is 52.2 Å². The zero-order valence-electron chi connectivity index (χ0n) is 15.5. The molecule has 5 aromatic rings. The molecule has 30 heavy (non-hydrogen) atoms. The normalized spacial score (nSPS) is 11.0. The summed E-state index contributed by atoms with van der Waals surface area (Å²) in [6, 6.07) is 12.7. The van der Waals surface area contributed by atoms with Gasteiger partial charge < -0.3 is 5.32 Å². The third-order valence-electron chi connectivity index (χ3n) is 4.59. The molecule has 1 amide bonds. The summed E-state index contributed by atoms with van der Waals surface area (Å²) < 4.78 is 1.74. The Hall–Kier alpha value is -3.55. The molecule has 1 N–H and O–H groups in total. The zero-order chi connectivity index (χ0) is 20.5. The molecule has 0 radical (unpaired) electrons. The van der Waals surface area contributed by atoms with Crippen molar-refractivity contribution in [3.8, 4) is 22.3 Å². The second kappa shape index (κ2) is 7.70. The van der Waals surface area contributed by atoms with Gasteiger partial charge in [-0.25, -0.2) is 9.50 Å². The Morgan fingerprint density at radius 3 is 2.70 bits per heavy atom. The maximum Gasteiger partial charge on any atom is 0.265 e. The molecule has 0 fully saturated rings. The van der Waals surface area contributed by atoms with E-state index in [9.17, 15) is 4.79 Å². The third-order valence-corrected chi connectivity index (χ3v) is 5.77. The summed E-state index contributed by atoms with van der Waals surface area (Å²) in [6.45, 7) is 0. The van der Waals surface area contributed by atoms with Crippen molar-refractivity contribution >= 4 is 40.2 Å². The minimum absolute atomic E-state index is 0.170. The van der Waals surface area contributed by atoms with Gasteiger partial charge in [-0.1, -0.05) is 17.7 Å². The zero-order valence-corrected chi connectivity index (χ0v) is 17.1. The first kappa shape index (κ1) is 18.5. The fourth-order valence-electron chi connectivity index (χ4n) is 3.08. The highest BCUT2D eigenvalue weighted by molar-refractivity contribution is 7.12. The fourth-order valence-corrected chi connectivity index (χ4v) is 4.01. The number of halogens is 1. The molecule has 1 aromatic carbocycles. The lowest BCUT2D eigenvalue weighted by Crippen LogP contribution is -2.09. The quantitative estimate of drug-likeness (QED) is 0.412. The molecule has 8 heteroatoms. The van der Waals surface area contributed by atoms with Crippen molar-refractivity contribution < 1.29 is 4.79 Å². The lowest BCUT2D eigenvalue weighted by atomic mass is 10.1. The Kier molecular flexibility index (Phi) is 4.74. The van der Waals surface area contributed by atoms with E-state index in [1.165, 1.54) is 11.3 Å². The average molecular weight is 432 g/mol. The number of carbonyl (C=O) groups excluding carboxylic acids is 1. The van der Waals surface area contributed by atoms with Gasteiger partial charge in [0.2, 0.25) is 0 Å². The molecule has 5 rings (SSSR count). The molecule has 0 aliphatic carbocycles. The highest BCUT2D eigenvalue weighted by Crippen LogP contribution is 2.29. The molecule has 0 aliphatic heterocycles. The van der Waals surface area contributed by atoms with Crippen LogP contribution in [0.2, 0.25) is 5.02 Å². The van der Waals surface area contributed by atoms with Gasteiger partial charge in [0.25, 0.3) is 5.91 Å². The van der Waals surface area contributed by atoms with E-state index in [1.807, 2.05) is 29.8 Å². The summed E-state index contributed by atoms with van der Waals surface area (Å²) in [5.41, 5.74) is 5.09. The number of thiophene rings is 1. The van der Waals surface area contributed by atoms with Crippen LogP contribution in [-0.4, -0.2) is 25.5 Å². The molecule has 4 heterocycles. The number of pyridine rings is 1. The number of rotatable bonds is 4. The number of anilines is 1. The van der Waals surface area contributed by atoms with Crippen LogP contribution in [0.3, 0.4) is 0 Å². The molecule has 0 saturated carbocycles. The van der Waals surface area contributed by atoms with Crippen LogP contribution in [0.5, 0.6) is 0 Å². The third kappa shape index (κ3) is 3.56. The van der Waals surface area contributed by atoms with Gasteiger partial charge in [-0.15, -0.1) is 11.3 Å². The lowest BCUT2D eigenvalue weighted by Gasteiger charge is -2.03. The average Bonchev–Trinajstić information content (AvgIpc) is 3.42. The molecular weight excluding hydrogens is 418 g/mol. The molecule has 0 bridgehead atoms. The minimum atomic E-state index is -0.170. The van der Waals surface area contributed by atoms with Crippen molar-refractivity contribution in [2.75, 3.05) is 5.32 Å². The van der Waals surface area contributed by atoms with Gasteiger partial charge in [-0.05, 0) is 47.3 Å². The summed E-state index contributed by atoms with van der Waals surface area (Å²) in [6.07, 6.45) is 9.01. The summed E-state index contributed by atoms with van der Waals surface area (Å²) in [4.78, 5) is 21.9. The highest BCUT2D eigenvalue weighted by atomic mass is 35.5. The first-order valence-corrected chi connectivity index (χ1v) is 10.3. The largest absolute Gasteiger partial charge is 0.321 e. The molecule has 6 nitrogen and oxygen atoms in total. The van der Waals surface area contributed by atoms with E-state index < -0.39 is 0 Å². The van der Waals surface area contributed by atoms with Crippen LogP contribution in [0.25, 0.3) is 27.9 Å². The smallest absolute Gasteiger partial charge is 0.265 e. The molecule has 0 saturated heterocycles. The Morgan fingerprint density at radius 1 is 1.03 bits per heavy atom. The number of hydrogen-bond acceptors (Lipinski definition) is 5. The van der Waals surface area contributed by atoms with Gasteiger partial charge >= 0.3 is 0 Å². The van der Waals surface area contributed by atoms with Crippen molar-refractivity contribution in [1.82, 2.24) is 19.6 Å². The van der Waals surface area contributed by atoms with Crippen molar-refractivity contribution in [2.45, 2.75) is 0 Å². The number of benzene rings is 1. The topological polar surface area (TPSA) is 72.2 Å². The molecule has 0 unspecified atom stereocenters. The van der Waals surface area contributed by atoms with E-state index in [0.29, 0.717) is 15.6 Å². The number of hydrogen-bond donors (Lipinski definition) is 1. The van der Waals surface area contributed by atoms with Gasteiger partial charge in [0.15, 0.2) is 5.65 Å². The molecule has 4 aromatic heterocycles. The van der Waals surface area contributed by atoms with Gasteiger partial charge in [-0.2, -0.15) is 5.10 Å². The van der Waals surface area contributed by atoms with E-state index in [0.717, 1.165) is 27.9 Å². The van der Waals surface area contributed by atoms with E-state index >= 15 is 0 Å². The van der Waals surface area contributed by atoms with Crippen LogP contribution in [0.15, 0.2) is 78.8 Å². The van der Waals surface area contributed by atoms with E-state index in [2.05, 4.69) is 20.4 Å². The van der Waals surface area contributed by atoms with Crippen molar-refractivity contribution in [3.05, 3.63) is 88.7 Å². The van der Waals surface area contributed by atoms with Gasteiger partial charge in [0.1, 0.15) is 0 Å². The van der Waals surface area contributed by atoms with Crippen LogP contribution in [0.4, 0.5) is 5.69 Å². The molecule has 146 valence electrons. The minimum Gasteiger partial charge on any atom is -0.321 e. The lowest BCUT2D eigenvalue weighted by molar-refractivity contribution is 0.103. The number of aromatic nitrogens is 4. The summed E-state index contributed by atoms with van der Waals surface area (Å²) >= 11 is 7.27. The maximum atomic E-state index is 12.6. The van der Waals surface area contributed by atoms with Crippen LogP contribution in [0, 0.1) is 0 Å². The van der Waals surface area contributed by atoms with Crippen LogP contribution >= 0.6 is 22.9 Å². The van der Waals surface area contributed by atoms with Crippen LogP contribution < -0.4 is 5.32 Å². The number of fused-ring (bicyclic) bond motifs is 1. The SMILES string of the molecule is O=C(Nc1ccc(Cl)cc1)c1cc(-c2cnn3cc(-c4cccnc4)cnc23)cs1. The molecular formula is C22H14ClN5OS. The molecule has 0 spiro atoms. The van der Waals surface area contributed by atoms with Crippen LogP contribution in [-0.2, 0) is 0 Å². The second-order valence-electron chi connectivity index (χ2n) is 6.57. The van der Waals surface area contributed by atoms with Gasteiger partial charge in [0.05, 0.1) is 11.1 Å². The van der Waals surface area contributed by atoms with Crippen LogP contribution in [0.1, 0.15) is 9.67 Å². The van der Waals surface area contributed by atoms with Crippen molar-refractivity contribution in [2.24, 2.45) is 0 Å². The van der Waals surface area contributed by atoms with E-state index in [1.54, 1.807) is 53.6 Å². The van der Waals surface area contributed by atoms with Crippen molar-refractivity contribution in [1.29, 1.82) is 0 Å². The predicted octanol–water partition coefficient (Wildman–Crippen LogP) is 5.43. The summed E-state index contributed by atoms with van der Waals surface area (Å²) in [5, 5.41) is 9.87. The summed E-state index contributed by atoms with van der Waals surface area (Å²) in [7, 11) is 0. The highest BCUT2D eigenvalue weighted by Gasteiger charge is 2.15. The number of nitrogens with zero attached hydrogens (tertiary/aromatic N) is 4. The monoisotopic (exact) mass is 431 g/mol. The number of amides is 1. The second-order valence-corrected chi connectivity index (χ2v) is 7.92.